The molecular weight excluding hydrogens is 214 g/mol. The van der Waals surface area contributed by atoms with Gasteiger partial charge < -0.3 is 11.5 Å². The number of nitrogen functional groups attached to an aromatic ring is 2. The molecule has 0 radical (unpaired) electrons. The van der Waals surface area contributed by atoms with Crippen LogP contribution in [0.25, 0.3) is 0 Å². The molecule has 8 heteroatoms. The lowest BCUT2D eigenvalue weighted by Crippen LogP contribution is -2.06. The van der Waals surface area contributed by atoms with Crippen LogP contribution in [0, 0.1) is 6.92 Å². The number of nitrogens with one attached hydrogen (secondary N) is 1. The Kier molecular flexibility index (Phi) is 2.34. The van der Waals surface area contributed by atoms with Gasteiger partial charge in [-0.1, -0.05) is 0 Å². The van der Waals surface area contributed by atoms with E-state index in [4.69, 9.17) is 11.5 Å². The van der Waals surface area contributed by atoms with E-state index in [1.165, 1.54) is 11.3 Å². The SMILES string of the molecule is Cc1csc(Nc2nc(N)nc(N)n2)n1. The topological polar surface area (TPSA) is 116 Å². The van der Waals surface area contributed by atoms with Crippen molar-refractivity contribution >= 4 is 34.3 Å². The Morgan fingerprint density at radius 3 is 2.33 bits per heavy atom. The molecule has 0 saturated carbocycles. The molecule has 0 aliphatic carbocycles. The fourth-order valence-corrected chi connectivity index (χ4v) is 1.65. The first-order valence-electron chi connectivity index (χ1n) is 4.09. The monoisotopic (exact) mass is 223 g/mol. The molecule has 0 fully saturated rings. The van der Waals surface area contributed by atoms with E-state index < -0.39 is 0 Å². The summed E-state index contributed by atoms with van der Waals surface area (Å²) in [6, 6.07) is 0. The Labute approximate surface area is 89.6 Å². The molecule has 2 rings (SSSR count). The van der Waals surface area contributed by atoms with E-state index in [1.54, 1.807) is 0 Å². The molecule has 2 heterocycles. The molecule has 0 amide bonds. The van der Waals surface area contributed by atoms with E-state index in [-0.39, 0.29) is 11.9 Å². The maximum atomic E-state index is 5.42. The maximum absolute atomic E-state index is 5.42. The van der Waals surface area contributed by atoms with Gasteiger partial charge in [-0.15, -0.1) is 11.3 Å². The summed E-state index contributed by atoms with van der Waals surface area (Å²) in [7, 11) is 0. The van der Waals surface area contributed by atoms with Gasteiger partial charge in [0.25, 0.3) is 0 Å². The summed E-state index contributed by atoms with van der Waals surface area (Å²) in [4.78, 5) is 15.6. The van der Waals surface area contributed by atoms with Crippen LogP contribution in [-0.2, 0) is 0 Å². The third-order valence-electron chi connectivity index (χ3n) is 1.51. The van der Waals surface area contributed by atoms with Gasteiger partial charge in [-0.3, -0.25) is 5.32 Å². The van der Waals surface area contributed by atoms with Crippen molar-refractivity contribution in [3.8, 4) is 0 Å². The van der Waals surface area contributed by atoms with Gasteiger partial charge >= 0.3 is 0 Å². The highest BCUT2D eigenvalue weighted by Gasteiger charge is 2.04. The normalized spacial score (nSPS) is 10.2. The van der Waals surface area contributed by atoms with Gasteiger partial charge in [-0.25, -0.2) is 4.98 Å². The van der Waals surface area contributed by atoms with Crippen molar-refractivity contribution in [1.82, 2.24) is 19.9 Å². The van der Waals surface area contributed by atoms with Crippen molar-refractivity contribution in [3.63, 3.8) is 0 Å². The molecule has 2 aromatic heterocycles. The van der Waals surface area contributed by atoms with Gasteiger partial charge in [-0.2, -0.15) is 15.0 Å². The minimum absolute atomic E-state index is 0.0817. The minimum Gasteiger partial charge on any atom is -0.368 e. The average molecular weight is 223 g/mol. The second-order valence-electron chi connectivity index (χ2n) is 2.79. The first-order chi connectivity index (χ1) is 7.13. The van der Waals surface area contributed by atoms with Crippen molar-refractivity contribution in [2.24, 2.45) is 0 Å². The summed E-state index contributed by atoms with van der Waals surface area (Å²) in [5.74, 6) is 0.464. The van der Waals surface area contributed by atoms with Crippen LogP contribution in [-0.4, -0.2) is 19.9 Å². The van der Waals surface area contributed by atoms with E-state index in [9.17, 15) is 0 Å². The van der Waals surface area contributed by atoms with Gasteiger partial charge in [0.2, 0.25) is 17.8 Å². The lowest BCUT2D eigenvalue weighted by atomic mass is 10.6. The van der Waals surface area contributed by atoms with E-state index >= 15 is 0 Å². The van der Waals surface area contributed by atoms with Crippen molar-refractivity contribution in [2.45, 2.75) is 6.92 Å². The summed E-state index contributed by atoms with van der Waals surface area (Å²) >= 11 is 1.45. The van der Waals surface area contributed by atoms with Crippen LogP contribution >= 0.6 is 11.3 Å². The molecule has 0 atom stereocenters. The third-order valence-corrected chi connectivity index (χ3v) is 2.38. The van der Waals surface area contributed by atoms with Crippen LogP contribution in [0.2, 0.25) is 0 Å². The first kappa shape index (κ1) is 9.59. The molecule has 0 spiro atoms. The largest absolute Gasteiger partial charge is 0.368 e. The summed E-state index contributed by atoms with van der Waals surface area (Å²) < 4.78 is 0. The van der Waals surface area contributed by atoms with E-state index in [1.807, 2.05) is 12.3 Å². The van der Waals surface area contributed by atoms with Crippen LogP contribution < -0.4 is 16.8 Å². The second-order valence-corrected chi connectivity index (χ2v) is 3.65. The molecule has 0 saturated heterocycles. The molecule has 0 bridgehead atoms. The third kappa shape index (κ3) is 2.29. The zero-order chi connectivity index (χ0) is 10.8. The van der Waals surface area contributed by atoms with Crippen molar-refractivity contribution in [1.29, 1.82) is 0 Å². The predicted octanol–water partition coefficient (Wildman–Crippen LogP) is 0.545. The number of thiazole rings is 1. The quantitative estimate of drug-likeness (QED) is 0.680. The summed E-state index contributed by atoms with van der Waals surface area (Å²) in [5.41, 5.74) is 11.8. The summed E-state index contributed by atoms with van der Waals surface area (Å²) in [6.45, 7) is 1.90. The number of rotatable bonds is 2. The standard InChI is InChI=1S/C7H9N7S/c1-3-2-15-7(10-3)14-6-12-4(8)11-5(9)13-6/h2H,1H3,(H5,8,9,10,11,12,13,14). The number of nitrogens with two attached hydrogens (primary N) is 2. The molecule has 0 aromatic carbocycles. The van der Waals surface area contributed by atoms with Crippen molar-refractivity contribution in [3.05, 3.63) is 11.1 Å². The summed E-state index contributed by atoms with van der Waals surface area (Å²) in [6.07, 6.45) is 0. The molecular formula is C7H9N7S. The molecule has 0 aliphatic heterocycles. The number of nitrogens with zero attached hydrogens (tertiary/aromatic N) is 4. The Bertz CT molecular complexity index is 460. The molecule has 0 unspecified atom stereocenters. The Hall–Kier alpha value is -1.96. The highest BCUT2D eigenvalue weighted by atomic mass is 32.1. The van der Waals surface area contributed by atoms with E-state index in [2.05, 4.69) is 25.3 Å². The van der Waals surface area contributed by atoms with Gasteiger partial charge in [0.1, 0.15) is 0 Å². The molecule has 78 valence electrons. The zero-order valence-electron chi connectivity index (χ0n) is 7.93. The molecule has 0 aliphatic rings. The average Bonchev–Trinajstić information content (AvgIpc) is 2.49. The lowest BCUT2D eigenvalue weighted by Gasteiger charge is -2.01. The van der Waals surface area contributed by atoms with Gasteiger partial charge in [0, 0.05) is 5.38 Å². The fraction of sp³-hybridized carbons (Fsp3) is 0.143. The molecule has 5 N–H and O–H groups in total. The fourth-order valence-electron chi connectivity index (χ4n) is 0.972. The Balaban J connectivity index is 2.24. The van der Waals surface area contributed by atoms with Crippen LogP contribution in [0.5, 0.6) is 0 Å². The number of anilines is 4. The van der Waals surface area contributed by atoms with Gasteiger partial charge in [0.15, 0.2) is 5.13 Å². The Morgan fingerprint density at radius 2 is 1.80 bits per heavy atom. The number of aromatic nitrogens is 4. The van der Waals surface area contributed by atoms with E-state index in [0.717, 1.165) is 5.69 Å². The zero-order valence-corrected chi connectivity index (χ0v) is 8.75. The van der Waals surface area contributed by atoms with Crippen molar-refractivity contribution in [2.75, 3.05) is 16.8 Å². The van der Waals surface area contributed by atoms with Gasteiger partial charge in [-0.05, 0) is 6.92 Å². The summed E-state index contributed by atoms with van der Waals surface area (Å²) in [5, 5.41) is 5.50. The maximum Gasteiger partial charge on any atom is 0.235 e. The number of hydrogen-bond donors (Lipinski definition) is 3. The highest BCUT2D eigenvalue weighted by Crippen LogP contribution is 2.18. The van der Waals surface area contributed by atoms with Crippen LogP contribution in [0.4, 0.5) is 23.0 Å². The minimum atomic E-state index is 0.0817. The van der Waals surface area contributed by atoms with Crippen molar-refractivity contribution < 1.29 is 0 Å². The first-order valence-corrected chi connectivity index (χ1v) is 4.97. The second kappa shape index (κ2) is 3.65. The van der Waals surface area contributed by atoms with E-state index in [0.29, 0.717) is 11.1 Å². The Morgan fingerprint density at radius 1 is 1.13 bits per heavy atom. The molecule has 7 nitrogen and oxygen atoms in total. The van der Waals surface area contributed by atoms with Gasteiger partial charge in [0.05, 0.1) is 5.69 Å². The lowest BCUT2D eigenvalue weighted by molar-refractivity contribution is 1.08. The predicted molar refractivity (Wildman–Crippen MR) is 58.8 cm³/mol. The van der Waals surface area contributed by atoms with Crippen LogP contribution in [0.15, 0.2) is 5.38 Å². The number of hydrogen-bond acceptors (Lipinski definition) is 8. The van der Waals surface area contributed by atoms with Crippen LogP contribution in [0.1, 0.15) is 5.69 Å². The molecule has 15 heavy (non-hydrogen) atoms. The number of aryl methyl sites for hydroxylation is 1. The van der Waals surface area contributed by atoms with Crippen LogP contribution in [0.3, 0.4) is 0 Å². The smallest absolute Gasteiger partial charge is 0.235 e. The highest BCUT2D eigenvalue weighted by molar-refractivity contribution is 7.13. The molecule has 2 aromatic rings.